The third kappa shape index (κ3) is 5.90. The fourth-order valence-corrected chi connectivity index (χ4v) is 3.89. The minimum absolute atomic E-state index is 0.101. The van der Waals surface area contributed by atoms with Crippen LogP contribution in [0, 0.1) is 0 Å². The normalized spacial score (nSPS) is 11.4. The topological polar surface area (TPSA) is 69.6 Å². The quantitative estimate of drug-likeness (QED) is 0.144. The van der Waals surface area contributed by atoms with Crippen LogP contribution in [0.25, 0.3) is 11.1 Å². The highest BCUT2D eigenvalue weighted by atomic mass is 35.5. The monoisotopic (exact) mass is 493 g/mol. The van der Waals surface area contributed by atoms with E-state index in [4.69, 9.17) is 23.2 Å². The number of rotatable bonds is 8. The molecule has 4 aromatic carbocycles. The van der Waals surface area contributed by atoms with Crippen LogP contribution in [-0.2, 0) is 6.42 Å². The van der Waals surface area contributed by atoms with Crippen LogP contribution in [-0.4, -0.2) is 22.7 Å². The molecule has 0 saturated carbocycles. The van der Waals surface area contributed by atoms with Crippen LogP contribution in [0.15, 0.2) is 97.1 Å². The summed E-state index contributed by atoms with van der Waals surface area (Å²) < 4.78 is 0. The molecule has 4 rings (SSSR count). The van der Waals surface area contributed by atoms with Gasteiger partial charge >= 0.3 is 0 Å². The van der Waals surface area contributed by atoms with Crippen LogP contribution in [0.3, 0.4) is 0 Å². The van der Waals surface area contributed by atoms with Gasteiger partial charge in [0.1, 0.15) is 0 Å². The molecule has 0 spiro atoms. The SMILES string of the molecule is O=C(c1ccc(CCN[N+](O)(O)c2ccc(-c3ccc(Cl)cc3)cc2)cc1)c1cccc(Cl)c1. The van der Waals surface area contributed by atoms with Crippen LogP contribution >= 0.6 is 23.2 Å². The molecule has 3 N–H and O–H groups in total. The molecule has 172 valence electrons. The average Bonchev–Trinajstić information content (AvgIpc) is 2.84. The number of ketones is 1. The lowest BCUT2D eigenvalue weighted by Crippen LogP contribution is -2.55. The maximum atomic E-state index is 12.6. The summed E-state index contributed by atoms with van der Waals surface area (Å²) in [6.07, 6.45) is 0.537. The molecule has 4 aromatic rings. The van der Waals surface area contributed by atoms with Gasteiger partial charge in [-0.05, 0) is 59.5 Å². The van der Waals surface area contributed by atoms with E-state index in [2.05, 4.69) is 5.43 Å². The molecule has 0 aliphatic rings. The van der Waals surface area contributed by atoms with Crippen LogP contribution in [0.1, 0.15) is 21.5 Å². The molecule has 0 heterocycles. The first-order chi connectivity index (χ1) is 16.3. The zero-order valence-electron chi connectivity index (χ0n) is 18.2. The van der Waals surface area contributed by atoms with Crippen molar-refractivity contribution in [1.29, 1.82) is 0 Å². The Morgan fingerprint density at radius 2 is 1.35 bits per heavy atom. The predicted molar refractivity (Wildman–Crippen MR) is 135 cm³/mol. The van der Waals surface area contributed by atoms with Gasteiger partial charge in [-0.15, -0.1) is 0 Å². The summed E-state index contributed by atoms with van der Waals surface area (Å²) in [5.74, 6) is -0.101. The van der Waals surface area contributed by atoms with E-state index in [-0.39, 0.29) is 11.5 Å². The lowest BCUT2D eigenvalue weighted by atomic mass is 10.0. The summed E-state index contributed by atoms with van der Waals surface area (Å²) in [6.45, 7) is 0.299. The van der Waals surface area contributed by atoms with E-state index in [1.807, 2.05) is 48.5 Å². The summed E-state index contributed by atoms with van der Waals surface area (Å²) in [4.78, 5) is 11.2. The van der Waals surface area contributed by atoms with Gasteiger partial charge < -0.3 is 0 Å². The molecule has 5 nitrogen and oxygen atoms in total. The molecule has 0 unspecified atom stereocenters. The van der Waals surface area contributed by atoms with Gasteiger partial charge in [0.2, 0.25) is 5.69 Å². The number of benzene rings is 4. The minimum atomic E-state index is -1.44. The molecular formula is C27H23Cl2N2O3+. The molecule has 0 aliphatic carbocycles. The fourth-order valence-electron chi connectivity index (χ4n) is 3.57. The van der Waals surface area contributed by atoms with Crippen molar-refractivity contribution < 1.29 is 15.2 Å². The summed E-state index contributed by atoms with van der Waals surface area (Å²) in [5, 5.41) is 22.0. The fraction of sp³-hybridized carbons (Fsp3) is 0.0741. The van der Waals surface area contributed by atoms with Gasteiger partial charge in [0, 0.05) is 33.3 Å². The van der Waals surface area contributed by atoms with E-state index < -0.39 is 4.92 Å². The Bertz CT molecular complexity index is 1270. The molecule has 0 fully saturated rings. The molecule has 0 saturated heterocycles. The van der Waals surface area contributed by atoms with Gasteiger partial charge in [-0.25, -0.2) is 0 Å². The smallest absolute Gasteiger partial charge is 0.221 e. The standard InChI is InChI=1S/C27H23Cl2N2O3/c28-24-12-8-20(9-13-24)21-10-14-26(15-11-21)31(33,34)30-17-16-19-4-6-22(7-5-19)27(32)23-2-1-3-25(29)18-23/h1-15,18,30,33-34H,16-17H2/q+1. The van der Waals surface area contributed by atoms with E-state index in [1.54, 1.807) is 48.5 Å². The van der Waals surface area contributed by atoms with Crippen LogP contribution in [0.5, 0.6) is 0 Å². The molecule has 0 amide bonds. The number of carbonyl (C=O) groups is 1. The molecule has 0 aromatic heterocycles. The highest BCUT2D eigenvalue weighted by Crippen LogP contribution is 2.25. The number of hydrogen-bond acceptors (Lipinski definition) is 4. The summed E-state index contributed by atoms with van der Waals surface area (Å²) in [5.41, 5.74) is 6.96. The first-order valence-corrected chi connectivity index (χ1v) is 11.4. The second-order valence-electron chi connectivity index (χ2n) is 7.85. The Labute approximate surface area is 207 Å². The van der Waals surface area contributed by atoms with E-state index in [9.17, 15) is 15.2 Å². The number of nitrogens with zero attached hydrogens (tertiary/aromatic N) is 1. The summed E-state index contributed by atoms with van der Waals surface area (Å²) in [7, 11) is 0. The van der Waals surface area contributed by atoms with Crippen molar-refractivity contribution in [2.24, 2.45) is 0 Å². The van der Waals surface area contributed by atoms with E-state index in [0.717, 1.165) is 16.7 Å². The highest BCUT2D eigenvalue weighted by Gasteiger charge is 2.26. The Hall–Kier alpha value is -3.03. The van der Waals surface area contributed by atoms with Gasteiger partial charge in [-0.3, -0.25) is 4.79 Å². The van der Waals surface area contributed by atoms with Gasteiger partial charge in [0.15, 0.2) is 5.78 Å². The molecule has 0 aliphatic heterocycles. The van der Waals surface area contributed by atoms with Crippen molar-refractivity contribution in [2.45, 2.75) is 6.42 Å². The number of carbonyl (C=O) groups excluding carboxylic acids is 1. The zero-order valence-corrected chi connectivity index (χ0v) is 19.7. The Morgan fingerprint density at radius 3 is 1.97 bits per heavy atom. The van der Waals surface area contributed by atoms with Gasteiger partial charge in [-0.2, -0.15) is 10.4 Å². The molecule has 34 heavy (non-hydrogen) atoms. The summed E-state index contributed by atoms with van der Waals surface area (Å²) >= 11 is 11.9. The highest BCUT2D eigenvalue weighted by molar-refractivity contribution is 6.31. The molecule has 0 atom stereocenters. The second kappa shape index (κ2) is 10.5. The average molecular weight is 494 g/mol. The minimum Gasteiger partial charge on any atom is -0.289 e. The number of nitrogens with one attached hydrogen (secondary N) is 1. The predicted octanol–water partition coefficient (Wildman–Crippen LogP) is 6.72. The van der Waals surface area contributed by atoms with E-state index in [1.165, 1.54) is 0 Å². The number of halogens is 2. The molecular weight excluding hydrogens is 471 g/mol. The first-order valence-electron chi connectivity index (χ1n) is 10.7. The van der Waals surface area contributed by atoms with Crippen molar-refractivity contribution in [1.82, 2.24) is 10.3 Å². The van der Waals surface area contributed by atoms with Crippen molar-refractivity contribution >= 4 is 34.7 Å². The van der Waals surface area contributed by atoms with Crippen LogP contribution < -0.4 is 10.3 Å². The Balaban J connectivity index is 1.34. The van der Waals surface area contributed by atoms with Crippen LogP contribution in [0.4, 0.5) is 5.69 Å². The number of quaternary nitrogens is 1. The lowest BCUT2D eigenvalue weighted by molar-refractivity contribution is -0.324. The number of hydrogen-bond donors (Lipinski definition) is 3. The maximum Gasteiger partial charge on any atom is 0.221 e. The van der Waals surface area contributed by atoms with Crippen molar-refractivity contribution in [3.8, 4) is 11.1 Å². The van der Waals surface area contributed by atoms with E-state index >= 15 is 0 Å². The largest absolute Gasteiger partial charge is 0.289 e. The Morgan fingerprint density at radius 1 is 0.735 bits per heavy atom. The van der Waals surface area contributed by atoms with Crippen molar-refractivity contribution in [3.63, 3.8) is 0 Å². The summed E-state index contributed by atoms with van der Waals surface area (Å²) in [6, 6.07) is 28.4. The van der Waals surface area contributed by atoms with E-state index in [0.29, 0.717) is 34.1 Å². The molecule has 7 heteroatoms. The third-order valence-electron chi connectivity index (χ3n) is 5.45. The van der Waals surface area contributed by atoms with Crippen molar-refractivity contribution in [2.75, 3.05) is 6.54 Å². The molecule has 0 bridgehead atoms. The van der Waals surface area contributed by atoms with Gasteiger partial charge in [-0.1, -0.05) is 77.2 Å². The first kappa shape index (κ1) is 24.1. The Kier molecular flexibility index (Phi) is 7.44. The van der Waals surface area contributed by atoms with Crippen LogP contribution in [0.2, 0.25) is 10.0 Å². The third-order valence-corrected chi connectivity index (χ3v) is 5.94. The zero-order chi connectivity index (χ0) is 24.1. The van der Waals surface area contributed by atoms with Crippen molar-refractivity contribution in [3.05, 3.63) is 124 Å². The lowest BCUT2D eigenvalue weighted by Gasteiger charge is -2.20. The van der Waals surface area contributed by atoms with Gasteiger partial charge in [0.25, 0.3) is 0 Å². The molecule has 0 radical (unpaired) electrons. The van der Waals surface area contributed by atoms with Gasteiger partial charge in [0.05, 0.1) is 11.5 Å². The second-order valence-corrected chi connectivity index (χ2v) is 8.72. The maximum absolute atomic E-state index is 12.6.